The number of fused-ring (bicyclic) bond motifs is 3. The van der Waals surface area contributed by atoms with Crippen LogP contribution in [0.2, 0.25) is 0 Å². The summed E-state index contributed by atoms with van der Waals surface area (Å²) in [6, 6.07) is 2.78. The van der Waals surface area contributed by atoms with Gasteiger partial charge in [-0.3, -0.25) is 14.6 Å². The molecule has 7 nitrogen and oxygen atoms in total. The van der Waals surface area contributed by atoms with Crippen LogP contribution in [0.5, 0.6) is 0 Å². The molecule has 1 aromatic rings. The Morgan fingerprint density at radius 1 is 1.21 bits per heavy atom. The predicted octanol–water partition coefficient (Wildman–Crippen LogP) is 1.44. The average Bonchev–Trinajstić information content (AvgIpc) is 3.31. The number of carbonyl (C=O) groups is 2. The van der Waals surface area contributed by atoms with Gasteiger partial charge >= 0.3 is 0 Å². The Bertz CT molecular complexity index is 887. The minimum absolute atomic E-state index is 0.0246. The number of carbonyl (C=O) groups excluding carboxylic acids is 2. The number of nitrogens with zero attached hydrogens (tertiary/aromatic N) is 4. The maximum atomic E-state index is 14.1. The predicted molar refractivity (Wildman–Crippen MR) is 101 cm³/mol. The third-order valence-corrected chi connectivity index (χ3v) is 7.31. The second-order valence-corrected chi connectivity index (χ2v) is 8.90. The molecule has 4 heterocycles. The van der Waals surface area contributed by atoms with Crippen molar-refractivity contribution in [3.63, 3.8) is 0 Å². The Hall–Kier alpha value is -2.53. The van der Waals surface area contributed by atoms with Crippen molar-refractivity contribution < 1.29 is 14.0 Å². The highest BCUT2D eigenvalue weighted by Crippen LogP contribution is 2.48. The smallest absolute Gasteiger partial charge is 0.257 e. The third-order valence-electron chi connectivity index (χ3n) is 7.31. The van der Waals surface area contributed by atoms with E-state index in [9.17, 15) is 19.2 Å². The summed E-state index contributed by atoms with van der Waals surface area (Å²) in [7, 11) is 0. The number of rotatable bonds is 3. The summed E-state index contributed by atoms with van der Waals surface area (Å²) < 4.78 is 14.1. The fourth-order valence-corrected chi connectivity index (χ4v) is 5.79. The lowest BCUT2D eigenvalue weighted by molar-refractivity contribution is -0.135. The molecular formula is C21H24FN5O2. The van der Waals surface area contributed by atoms with Crippen LogP contribution in [0.25, 0.3) is 0 Å². The maximum absolute atomic E-state index is 14.1. The van der Waals surface area contributed by atoms with Gasteiger partial charge in [0.15, 0.2) is 5.82 Å². The van der Waals surface area contributed by atoms with Gasteiger partial charge in [-0.2, -0.15) is 5.26 Å². The van der Waals surface area contributed by atoms with Crippen LogP contribution in [0.4, 0.5) is 4.39 Å². The van der Waals surface area contributed by atoms with Gasteiger partial charge in [-0.25, -0.2) is 4.39 Å². The highest BCUT2D eigenvalue weighted by molar-refractivity contribution is 5.95. The molecule has 4 aliphatic rings. The Balaban J connectivity index is 1.30. The van der Waals surface area contributed by atoms with Gasteiger partial charge in [-0.05, 0) is 56.4 Å². The summed E-state index contributed by atoms with van der Waals surface area (Å²) in [5, 5.41) is 9.37. The number of aromatic nitrogens is 1. The van der Waals surface area contributed by atoms with Crippen molar-refractivity contribution in [2.24, 2.45) is 17.6 Å². The molecule has 152 valence electrons. The second-order valence-electron chi connectivity index (χ2n) is 8.90. The van der Waals surface area contributed by atoms with E-state index in [1.165, 1.54) is 12.3 Å². The summed E-state index contributed by atoms with van der Waals surface area (Å²) in [6.07, 6.45) is 7.19. The van der Waals surface area contributed by atoms with E-state index in [1.807, 2.05) is 0 Å². The fourth-order valence-electron chi connectivity index (χ4n) is 5.79. The zero-order valence-electron chi connectivity index (χ0n) is 16.1. The number of piperidine rings is 2. The van der Waals surface area contributed by atoms with Gasteiger partial charge in [-0.1, -0.05) is 0 Å². The summed E-state index contributed by atoms with van der Waals surface area (Å²) in [4.78, 5) is 33.3. The van der Waals surface area contributed by atoms with E-state index in [0.29, 0.717) is 18.8 Å². The van der Waals surface area contributed by atoms with Crippen LogP contribution in [-0.2, 0) is 4.79 Å². The zero-order valence-corrected chi connectivity index (χ0v) is 16.1. The molecule has 2 amide bonds. The van der Waals surface area contributed by atoms with E-state index < -0.39 is 11.9 Å². The summed E-state index contributed by atoms with van der Waals surface area (Å²) >= 11 is 0. The zero-order chi connectivity index (χ0) is 20.3. The number of halogens is 1. The molecule has 3 saturated heterocycles. The van der Waals surface area contributed by atoms with Crippen LogP contribution in [0.3, 0.4) is 0 Å². The standard InChI is InChI=1S/C21H24FN5O2/c22-17-10-25-4-3-16(17)20(28)26-13-1-2-14(26)7-12(6-13)19(24)21(29)27-15(9-23)5-11-8-18(11)27/h3-4,10-15,18-19H,1-2,5-8,24H2/t11?,12?,13-,14?,15?,18?,19-/m0/s1. The molecule has 5 rings (SSSR count). The molecule has 2 N–H and O–H groups in total. The van der Waals surface area contributed by atoms with Gasteiger partial charge in [0.25, 0.3) is 5.91 Å². The van der Waals surface area contributed by atoms with Crippen molar-refractivity contribution >= 4 is 11.8 Å². The fraction of sp³-hybridized carbons (Fsp3) is 0.619. The van der Waals surface area contributed by atoms with Crippen LogP contribution in [-0.4, -0.2) is 56.8 Å². The molecule has 29 heavy (non-hydrogen) atoms. The van der Waals surface area contributed by atoms with Crippen molar-refractivity contribution in [1.82, 2.24) is 14.8 Å². The molecule has 3 aliphatic heterocycles. The molecule has 0 aromatic carbocycles. The lowest BCUT2D eigenvalue weighted by Crippen LogP contribution is -2.55. The second kappa shape index (κ2) is 6.77. The van der Waals surface area contributed by atoms with Crippen LogP contribution in [0.15, 0.2) is 18.5 Å². The van der Waals surface area contributed by atoms with E-state index in [4.69, 9.17) is 5.73 Å². The molecule has 1 aromatic heterocycles. The summed E-state index contributed by atoms with van der Waals surface area (Å²) in [6.45, 7) is 0. The van der Waals surface area contributed by atoms with Gasteiger partial charge in [0.05, 0.1) is 23.9 Å². The Morgan fingerprint density at radius 2 is 1.93 bits per heavy atom. The molecule has 0 spiro atoms. The summed E-state index contributed by atoms with van der Waals surface area (Å²) in [5.74, 6) is -0.599. The van der Waals surface area contributed by atoms with E-state index in [1.54, 1.807) is 9.80 Å². The number of amides is 2. The highest BCUT2D eigenvalue weighted by atomic mass is 19.1. The first-order valence-corrected chi connectivity index (χ1v) is 10.4. The minimum atomic E-state index is -0.650. The Kier molecular flexibility index (Phi) is 4.32. The first-order chi connectivity index (χ1) is 14.0. The van der Waals surface area contributed by atoms with Crippen molar-refractivity contribution in [2.75, 3.05) is 0 Å². The van der Waals surface area contributed by atoms with Crippen molar-refractivity contribution in [2.45, 2.75) is 68.7 Å². The van der Waals surface area contributed by atoms with Gasteiger partial charge in [0.2, 0.25) is 5.91 Å². The average molecular weight is 397 g/mol. The number of hydrogen-bond donors (Lipinski definition) is 1. The number of nitriles is 1. The molecule has 4 fully saturated rings. The van der Waals surface area contributed by atoms with E-state index in [-0.39, 0.29) is 47.5 Å². The largest absolute Gasteiger partial charge is 0.333 e. The Labute approximate surface area is 168 Å². The topological polar surface area (TPSA) is 103 Å². The third kappa shape index (κ3) is 2.91. The Morgan fingerprint density at radius 3 is 2.59 bits per heavy atom. The normalized spacial score (nSPS) is 35.8. The lowest BCUT2D eigenvalue weighted by Gasteiger charge is -2.41. The quantitative estimate of drug-likeness (QED) is 0.831. The molecular weight excluding hydrogens is 373 g/mol. The van der Waals surface area contributed by atoms with Crippen LogP contribution in [0, 0.1) is 29.0 Å². The van der Waals surface area contributed by atoms with Crippen molar-refractivity contribution in [1.29, 1.82) is 5.26 Å². The number of nitrogens with two attached hydrogens (primary N) is 1. The van der Waals surface area contributed by atoms with Crippen molar-refractivity contribution in [3.8, 4) is 6.07 Å². The molecule has 1 aliphatic carbocycles. The number of pyridine rings is 1. The monoisotopic (exact) mass is 397 g/mol. The van der Waals surface area contributed by atoms with E-state index >= 15 is 0 Å². The maximum Gasteiger partial charge on any atom is 0.257 e. The molecule has 2 bridgehead atoms. The SMILES string of the molecule is N#CC1CC2CC2N1C(=O)[C@@H](N)C1CC2CC[C@@H](C1)N2C(=O)c1ccncc1F. The molecule has 0 radical (unpaired) electrons. The minimum Gasteiger partial charge on any atom is -0.333 e. The van der Waals surface area contributed by atoms with Gasteiger partial charge in [0.1, 0.15) is 6.04 Å². The molecule has 7 atom stereocenters. The molecule has 8 heteroatoms. The molecule has 1 saturated carbocycles. The van der Waals surface area contributed by atoms with Gasteiger partial charge in [0, 0.05) is 24.3 Å². The number of likely N-dealkylation sites (tertiary alicyclic amines) is 1. The lowest BCUT2D eigenvalue weighted by atomic mass is 9.84. The first-order valence-electron chi connectivity index (χ1n) is 10.4. The number of hydrogen-bond acceptors (Lipinski definition) is 5. The van der Waals surface area contributed by atoms with Crippen molar-refractivity contribution in [3.05, 3.63) is 29.8 Å². The van der Waals surface area contributed by atoms with E-state index in [2.05, 4.69) is 11.1 Å². The van der Waals surface area contributed by atoms with Gasteiger partial charge < -0.3 is 15.5 Å². The van der Waals surface area contributed by atoms with Crippen LogP contribution in [0.1, 0.15) is 48.9 Å². The van der Waals surface area contributed by atoms with Crippen LogP contribution < -0.4 is 5.73 Å². The highest BCUT2D eigenvalue weighted by Gasteiger charge is 2.56. The first kappa shape index (κ1) is 18.5. The van der Waals surface area contributed by atoms with Gasteiger partial charge in [-0.15, -0.1) is 0 Å². The molecule has 5 unspecified atom stereocenters. The van der Waals surface area contributed by atoms with Crippen LogP contribution >= 0.6 is 0 Å². The summed E-state index contributed by atoms with van der Waals surface area (Å²) in [5.41, 5.74) is 6.45. The van der Waals surface area contributed by atoms with E-state index in [0.717, 1.165) is 31.9 Å².